The molecule has 0 aromatic carbocycles. The monoisotopic (exact) mass is 170 g/mol. The average Bonchev–Trinajstić information content (AvgIpc) is 2.53. The molecule has 12 heavy (non-hydrogen) atoms. The van der Waals surface area contributed by atoms with Crippen molar-refractivity contribution < 1.29 is 9.47 Å². The summed E-state index contributed by atoms with van der Waals surface area (Å²) < 4.78 is 10.9. The predicted molar refractivity (Wildman–Crippen MR) is 48.9 cm³/mol. The van der Waals surface area contributed by atoms with Crippen LogP contribution in [0.2, 0.25) is 0 Å². The minimum Gasteiger partial charge on any atom is -0.353 e. The molecule has 0 N–H and O–H groups in total. The zero-order valence-corrected chi connectivity index (χ0v) is 7.79. The molecule has 0 bridgehead atoms. The van der Waals surface area contributed by atoms with E-state index >= 15 is 0 Å². The first-order chi connectivity index (χ1) is 5.86. The quantitative estimate of drug-likeness (QED) is 0.466. The molecule has 1 saturated heterocycles. The Morgan fingerprint density at radius 3 is 3.08 bits per heavy atom. The summed E-state index contributed by atoms with van der Waals surface area (Å²) >= 11 is 0. The van der Waals surface area contributed by atoms with Gasteiger partial charge in [-0.15, -0.1) is 6.58 Å². The molecule has 0 saturated carbocycles. The molecule has 0 amide bonds. The largest absolute Gasteiger partial charge is 0.353 e. The van der Waals surface area contributed by atoms with E-state index in [1.165, 1.54) is 6.42 Å². The number of unbranched alkanes of at least 4 members (excludes halogenated alkanes) is 1. The van der Waals surface area contributed by atoms with E-state index in [-0.39, 0.29) is 6.29 Å². The van der Waals surface area contributed by atoms with E-state index < -0.39 is 0 Å². The number of hydrogen-bond acceptors (Lipinski definition) is 2. The summed E-state index contributed by atoms with van der Waals surface area (Å²) in [7, 11) is 0. The molecule has 0 spiro atoms. The van der Waals surface area contributed by atoms with Crippen molar-refractivity contribution in [2.75, 3.05) is 13.2 Å². The predicted octanol–water partition coefficient (Wildman–Crippen LogP) is 2.35. The smallest absolute Gasteiger partial charge is 0.158 e. The topological polar surface area (TPSA) is 18.5 Å². The maximum absolute atomic E-state index is 5.51. The molecule has 70 valence electrons. The Balaban J connectivity index is 2.06. The minimum atomic E-state index is 0.0274. The van der Waals surface area contributed by atoms with Crippen molar-refractivity contribution in [3.63, 3.8) is 0 Å². The highest BCUT2D eigenvalue weighted by molar-refractivity contribution is 4.83. The molecule has 1 fully saturated rings. The van der Waals surface area contributed by atoms with Gasteiger partial charge in [-0.05, 0) is 6.42 Å². The molecular weight excluding hydrogens is 152 g/mol. The van der Waals surface area contributed by atoms with Crippen molar-refractivity contribution in [2.24, 2.45) is 5.92 Å². The molecule has 1 rings (SSSR count). The van der Waals surface area contributed by atoms with Gasteiger partial charge in [-0.25, -0.2) is 0 Å². The highest BCUT2D eigenvalue weighted by Gasteiger charge is 2.23. The normalized spacial score (nSPS) is 29.1. The zero-order chi connectivity index (χ0) is 8.81. The lowest BCUT2D eigenvalue weighted by Crippen LogP contribution is -2.11. The summed E-state index contributed by atoms with van der Waals surface area (Å²) in [5.41, 5.74) is 0. The van der Waals surface area contributed by atoms with Gasteiger partial charge >= 0.3 is 0 Å². The Labute approximate surface area is 74.6 Å². The van der Waals surface area contributed by atoms with Crippen LogP contribution >= 0.6 is 0 Å². The lowest BCUT2D eigenvalue weighted by molar-refractivity contribution is -0.111. The van der Waals surface area contributed by atoms with Crippen LogP contribution in [0.25, 0.3) is 0 Å². The first kappa shape index (κ1) is 9.75. The first-order valence-corrected chi connectivity index (χ1v) is 4.72. The van der Waals surface area contributed by atoms with E-state index in [1.807, 2.05) is 6.08 Å². The average molecular weight is 170 g/mol. The molecule has 0 unspecified atom stereocenters. The lowest BCUT2D eigenvalue weighted by Gasteiger charge is -2.09. The van der Waals surface area contributed by atoms with Gasteiger partial charge in [0.2, 0.25) is 0 Å². The van der Waals surface area contributed by atoms with E-state index in [9.17, 15) is 0 Å². The summed E-state index contributed by atoms with van der Waals surface area (Å²) in [4.78, 5) is 0. The van der Waals surface area contributed by atoms with E-state index in [0.29, 0.717) is 5.92 Å². The van der Waals surface area contributed by atoms with Gasteiger partial charge < -0.3 is 9.47 Å². The van der Waals surface area contributed by atoms with Crippen molar-refractivity contribution in [3.8, 4) is 0 Å². The second-order valence-corrected chi connectivity index (χ2v) is 3.22. The van der Waals surface area contributed by atoms with Crippen LogP contribution < -0.4 is 0 Å². The van der Waals surface area contributed by atoms with Gasteiger partial charge in [0, 0.05) is 18.9 Å². The molecule has 0 radical (unpaired) electrons. The first-order valence-electron chi connectivity index (χ1n) is 4.72. The molecule has 1 heterocycles. The van der Waals surface area contributed by atoms with Crippen LogP contribution in [0.3, 0.4) is 0 Å². The fraction of sp³-hybridized carbons (Fsp3) is 0.800. The molecule has 2 atom stereocenters. The van der Waals surface area contributed by atoms with E-state index in [0.717, 1.165) is 26.1 Å². The van der Waals surface area contributed by atoms with Crippen LogP contribution in [-0.4, -0.2) is 19.5 Å². The Morgan fingerprint density at radius 1 is 1.67 bits per heavy atom. The second-order valence-electron chi connectivity index (χ2n) is 3.22. The highest BCUT2D eigenvalue weighted by Crippen LogP contribution is 2.20. The van der Waals surface area contributed by atoms with Crippen molar-refractivity contribution in [1.82, 2.24) is 0 Å². The van der Waals surface area contributed by atoms with Crippen LogP contribution in [0.4, 0.5) is 0 Å². The number of rotatable bonds is 5. The Morgan fingerprint density at radius 2 is 2.50 bits per heavy atom. The van der Waals surface area contributed by atoms with Gasteiger partial charge in [-0.2, -0.15) is 0 Å². The Kier molecular flexibility index (Phi) is 4.33. The second kappa shape index (κ2) is 5.33. The SMILES string of the molecule is C=C[C@H]1CO[C@@H](OCCCC)C1. The molecule has 0 aromatic heterocycles. The van der Waals surface area contributed by atoms with Crippen LogP contribution in [0, 0.1) is 5.92 Å². The maximum Gasteiger partial charge on any atom is 0.158 e. The molecule has 1 aliphatic heterocycles. The summed E-state index contributed by atoms with van der Waals surface area (Å²) in [6.07, 6.45) is 5.26. The Bertz CT molecular complexity index is 134. The van der Waals surface area contributed by atoms with Crippen LogP contribution in [0.5, 0.6) is 0 Å². The van der Waals surface area contributed by atoms with Gasteiger partial charge in [0.05, 0.1) is 6.61 Å². The number of hydrogen-bond donors (Lipinski definition) is 0. The third-order valence-corrected chi connectivity index (χ3v) is 2.13. The fourth-order valence-electron chi connectivity index (χ4n) is 1.25. The molecule has 0 aromatic rings. The van der Waals surface area contributed by atoms with Gasteiger partial charge in [0.1, 0.15) is 0 Å². The maximum atomic E-state index is 5.51. The van der Waals surface area contributed by atoms with Gasteiger partial charge in [-0.3, -0.25) is 0 Å². The van der Waals surface area contributed by atoms with Crippen LogP contribution in [0.1, 0.15) is 26.2 Å². The lowest BCUT2D eigenvalue weighted by atomic mass is 10.1. The van der Waals surface area contributed by atoms with E-state index in [4.69, 9.17) is 9.47 Å². The third kappa shape index (κ3) is 2.95. The van der Waals surface area contributed by atoms with Gasteiger partial charge in [-0.1, -0.05) is 19.4 Å². The van der Waals surface area contributed by atoms with Crippen molar-refractivity contribution >= 4 is 0 Å². The van der Waals surface area contributed by atoms with E-state index in [1.54, 1.807) is 0 Å². The van der Waals surface area contributed by atoms with E-state index in [2.05, 4.69) is 13.5 Å². The molecule has 1 aliphatic rings. The molecule has 2 nitrogen and oxygen atoms in total. The molecule has 0 aliphatic carbocycles. The fourth-order valence-corrected chi connectivity index (χ4v) is 1.25. The van der Waals surface area contributed by atoms with Crippen LogP contribution in [0.15, 0.2) is 12.7 Å². The summed E-state index contributed by atoms with van der Waals surface area (Å²) in [5.74, 6) is 0.497. The molecule has 2 heteroatoms. The standard InChI is InChI=1S/C10H18O2/c1-3-5-6-11-10-7-9(4-2)8-12-10/h4,9-10H,2-3,5-8H2,1H3/t9-,10-/m1/s1. The zero-order valence-electron chi connectivity index (χ0n) is 7.79. The van der Waals surface area contributed by atoms with Crippen LogP contribution in [-0.2, 0) is 9.47 Å². The minimum absolute atomic E-state index is 0.0274. The highest BCUT2D eigenvalue weighted by atomic mass is 16.7. The van der Waals surface area contributed by atoms with Crippen molar-refractivity contribution in [3.05, 3.63) is 12.7 Å². The van der Waals surface area contributed by atoms with Crippen molar-refractivity contribution in [2.45, 2.75) is 32.5 Å². The Hall–Kier alpha value is -0.340. The third-order valence-electron chi connectivity index (χ3n) is 2.13. The summed E-state index contributed by atoms with van der Waals surface area (Å²) in [6.45, 7) is 7.50. The van der Waals surface area contributed by atoms with Crippen molar-refractivity contribution in [1.29, 1.82) is 0 Å². The number of ether oxygens (including phenoxy) is 2. The van der Waals surface area contributed by atoms with Gasteiger partial charge in [0.25, 0.3) is 0 Å². The van der Waals surface area contributed by atoms with Gasteiger partial charge in [0.15, 0.2) is 6.29 Å². The summed E-state index contributed by atoms with van der Waals surface area (Å²) in [5, 5.41) is 0. The molecular formula is C10H18O2. The summed E-state index contributed by atoms with van der Waals surface area (Å²) in [6, 6.07) is 0.